The fourth-order valence-electron chi connectivity index (χ4n) is 2.09. The SMILES string of the molecule is CCNC(Cn1cncn1)c1ccccc1OCC. The number of rotatable bonds is 7. The molecule has 2 rings (SSSR count). The molecule has 0 bridgehead atoms. The summed E-state index contributed by atoms with van der Waals surface area (Å²) in [4.78, 5) is 3.98. The first-order valence-electron chi connectivity index (χ1n) is 6.62. The second-order valence-corrected chi connectivity index (χ2v) is 4.20. The molecular weight excluding hydrogens is 240 g/mol. The van der Waals surface area contributed by atoms with Gasteiger partial charge in [0, 0.05) is 5.56 Å². The predicted octanol–water partition coefficient (Wildman–Crippen LogP) is 2.03. The molecule has 0 saturated heterocycles. The van der Waals surface area contributed by atoms with Crippen LogP contribution in [-0.2, 0) is 6.54 Å². The lowest BCUT2D eigenvalue weighted by Gasteiger charge is -2.21. The van der Waals surface area contributed by atoms with Crippen molar-refractivity contribution < 1.29 is 4.74 Å². The topological polar surface area (TPSA) is 52.0 Å². The minimum atomic E-state index is 0.162. The third kappa shape index (κ3) is 3.54. The normalized spacial score (nSPS) is 12.3. The Morgan fingerprint density at radius 3 is 2.84 bits per heavy atom. The lowest BCUT2D eigenvalue weighted by molar-refractivity contribution is 0.327. The second kappa shape index (κ2) is 6.89. The zero-order valence-corrected chi connectivity index (χ0v) is 11.4. The van der Waals surface area contributed by atoms with Gasteiger partial charge in [-0.3, -0.25) is 4.68 Å². The van der Waals surface area contributed by atoms with Gasteiger partial charge in [0.05, 0.1) is 19.2 Å². The molecule has 0 aliphatic heterocycles. The highest BCUT2D eigenvalue weighted by Gasteiger charge is 2.15. The van der Waals surface area contributed by atoms with Gasteiger partial charge in [0.15, 0.2) is 0 Å². The molecule has 1 aromatic heterocycles. The Kier molecular flexibility index (Phi) is 4.92. The van der Waals surface area contributed by atoms with Crippen LogP contribution in [0, 0.1) is 0 Å². The molecule has 1 aromatic carbocycles. The molecule has 0 saturated carbocycles. The summed E-state index contributed by atoms with van der Waals surface area (Å²) in [5, 5.41) is 7.63. The third-order valence-electron chi connectivity index (χ3n) is 2.88. The number of ether oxygens (including phenoxy) is 1. The highest BCUT2D eigenvalue weighted by Crippen LogP contribution is 2.26. The van der Waals surface area contributed by atoms with Gasteiger partial charge in [-0.05, 0) is 19.5 Å². The maximum atomic E-state index is 5.70. The van der Waals surface area contributed by atoms with Gasteiger partial charge >= 0.3 is 0 Å². The first kappa shape index (κ1) is 13.5. The van der Waals surface area contributed by atoms with E-state index in [1.165, 1.54) is 0 Å². The zero-order valence-electron chi connectivity index (χ0n) is 11.4. The van der Waals surface area contributed by atoms with Crippen molar-refractivity contribution >= 4 is 0 Å². The molecule has 1 unspecified atom stereocenters. The van der Waals surface area contributed by atoms with Gasteiger partial charge in [0.1, 0.15) is 18.4 Å². The number of likely N-dealkylation sites (N-methyl/N-ethyl adjacent to an activating group) is 1. The smallest absolute Gasteiger partial charge is 0.137 e. The molecule has 0 radical (unpaired) electrons. The summed E-state index contributed by atoms with van der Waals surface area (Å²) in [6, 6.07) is 8.28. The van der Waals surface area contributed by atoms with Crippen LogP contribution in [0.25, 0.3) is 0 Å². The highest BCUT2D eigenvalue weighted by molar-refractivity contribution is 5.35. The number of aromatic nitrogens is 3. The molecule has 102 valence electrons. The summed E-state index contributed by atoms with van der Waals surface area (Å²) in [5.74, 6) is 0.927. The van der Waals surface area contributed by atoms with Crippen LogP contribution in [-0.4, -0.2) is 27.9 Å². The summed E-state index contributed by atoms with van der Waals surface area (Å²) < 4.78 is 7.53. The Hall–Kier alpha value is -1.88. The average molecular weight is 260 g/mol. The molecule has 0 amide bonds. The third-order valence-corrected chi connectivity index (χ3v) is 2.88. The molecule has 0 fully saturated rings. The maximum Gasteiger partial charge on any atom is 0.137 e. The molecule has 1 N–H and O–H groups in total. The number of hydrogen-bond donors (Lipinski definition) is 1. The quantitative estimate of drug-likeness (QED) is 0.827. The molecule has 19 heavy (non-hydrogen) atoms. The second-order valence-electron chi connectivity index (χ2n) is 4.20. The van der Waals surface area contributed by atoms with E-state index in [0.29, 0.717) is 6.61 Å². The number of nitrogens with one attached hydrogen (secondary N) is 1. The molecule has 0 aliphatic rings. The Morgan fingerprint density at radius 2 is 2.16 bits per heavy atom. The molecule has 1 heterocycles. The molecule has 5 heteroatoms. The van der Waals surface area contributed by atoms with E-state index in [1.54, 1.807) is 12.7 Å². The standard InChI is InChI=1S/C14H20N4O/c1-3-16-13(9-18-11-15-10-17-18)12-7-5-6-8-14(12)19-4-2/h5-8,10-11,13,16H,3-4,9H2,1-2H3. The van der Waals surface area contributed by atoms with Gasteiger partial charge in [-0.15, -0.1) is 0 Å². The maximum absolute atomic E-state index is 5.70. The van der Waals surface area contributed by atoms with Gasteiger partial charge in [0.25, 0.3) is 0 Å². The van der Waals surface area contributed by atoms with E-state index in [4.69, 9.17) is 4.74 Å². The summed E-state index contributed by atoms with van der Waals surface area (Å²) in [6.07, 6.45) is 3.28. The summed E-state index contributed by atoms with van der Waals surface area (Å²) in [7, 11) is 0. The molecule has 5 nitrogen and oxygen atoms in total. The van der Waals surface area contributed by atoms with Crippen molar-refractivity contribution in [1.82, 2.24) is 20.1 Å². The van der Waals surface area contributed by atoms with Crippen LogP contribution >= 0.6 is 0 Å². The Bertz CT molecular complexity index is 484. The monoisotopic (exact) mass is 260 g/mol. The van der Waals surface area contributed by atoms with Crippen molar-refractivity contribution in [2.75, 3.05) is 13.2 Å². The van der Waals surface area contributed by atoms with E-state index in [0.717, 1.165) is 24.4 Å². The number of hydrogen-bond acceptors (Lipinski definition) is 4. The van der Waals surface area contributed by atoms with Crippen molar-refractivity contribution in [2.45, 2.75) is 26.4 Å². The zero-order chi connectivity index (χ0) is 13.5. The van der Waals surface area contributed by atoms with Crippen molar-refractivity contribution in [3.8, 4) is 5.75 Å². The van der Waals surface area contributed by atoms with E-state index in [-0.39, 0.29) is 6.04 Å². The minimum absolute atomic E-state index is 0.162. The van der Waals surface area contributed by atoms with Crippen molar-refractivity contribution in [1.29, 1.82) is 0 Å². The summed E-state index contributed by atoms with van der Waals surface area (Å²) in [5.41, 5.74) is 1.15. The van der Waals surface area contributed by atoms with Gasteiger partial charge < -0.3 is 10.1 Å². The van der Waals surface area contributed by atoms with Crippen LogP contribution in [0.4, 0.5) is 0 Å². The van der Waals surface area contributed by atoms with E-state index in [9.17, 15) is 0 Å². The van der Waals surface area contributed by atoms with Crippen molar-refractivity contribution in [3.05, 3.63) is 42.5 Å². The van der Waals surface area contributed by atoms with E-state index < -0.39 is 0 Å². The van der Waals surface area contributed by atoms with Crippen LogP contribution in [0.5, 0.6) is 5.75 Å². The summed E-state index contributed by atoms with van der Waals surface area (Å²) >= 11 is 0. The fourth-order valence-corrected chi connectivity index (χ4v) is 2.09. The van der Waals surface area contributed by atoms with Crippen LogP contribution in [0.15, 0.2) is 36.9 Å². The van der Waals surface area contributed by atoms with Crippen LogP contribution in [0.1, 0.15) is 25.5 Å². The van der Waals surface area contributed by atoms with Crippen molar-refractivity contribution in [3.63, 3.8) is 0 Å². The molecule has 2 aromatic rings. The fraction of sp³-hybridized carbons (Fsp3) is 0.429. The van der Waals surface area contributed by atoms with Gasteiger partial charge in [-0.25, -0.2) is 4.98 Å². The Balaban J connectivity index is 2.22. The number of para-hydroxylation sites is 1. The molecular formula is C14H20N4O. The number of benzene rings is 1. The Morgan fingerprint density at radius 1 is 1.32 bits per heavy atom. The first-order valence-corrected chi connectivity index (χ1v) is 6.62. The summed E-state index contributed by atoms with van der Waals surface area (Å²) in [6.45, 7) is 6.38. The molecule has 1 atom stereocenters. The van der Waals surface area contributed by atoms with Crippen molar-refractivity contribution in [2.24, 2.45) is 0 Å². The van der Waals surface area contributed by atoms with Gasteiger partial charge in [-0.2, -0.15) is 5.10 Å². The lowest BCUT2D eigenvalue weighted by atomic mass is 10.1. The highest BCUT2D eigenvalue weighted by atomic mass is 16.5. The van der Waals surface area contributed by atoms with Gasteiger partial charge in [-0.1, -0.05) is 25.1 Å². The largest absolute Gasteiger partial charge is 0.494 e. The number of nitrogens with zero attached hydrogens (tertiary/aromatic N) is 3. The minimum Gasteiger partial charge on any atom is -0.494 e. The van der Waals surface area contributed by atoms with Crippen LogP contribution in [0.3, 0.4) is 0 Å². The van der Waals surface area contributed by atoms with E-state index in [1.807, 2.05) is 29.8 Å². The predicted molar refractivity (Wildman–Crippen MR) is 74.1 cm³/mol. The molecule has 0 aliphatic carbocycles. The first-order chi connectivity index (χ1) is 9.35. The van der Waals surface area contributed by atoms with Crippen LogP contribution in [0.2, 0.25) is 0 Å². The van der Waals surface area contributed by atoms with Crippen LogP contribution < -0.4 is 10.1 Å². The van der Waals surface area contributed by atoms with Gasteiger partial charge in [0.2, 0.25) is 0 Å². The van der Waals surface area contributed by atoms with E-state index in [2.05, 4.69) is 28.4 Å². The molecule has 0 spiro atoms. The lowest BCUT2D eigenvalue weighted by Crippen LogP contribution is -2.26. The average Bonchev–Trinajstić information content (AvgIpc) is 2.92. The van der Waals surface area contributed by atoms with E-state index >= 15 is 0 Å². The Labute approximate surface area is 113 Å².